The Morgan fingerprint density at radius 1 is 1.38 bits per heavy atom. The molecule has 0 bridgehead atoms. The van der Waals surface area contributed by atoms with Crippen molar-refractivity contribution < 1.29 is 0 Å². The lowest BCUT2D eigenvalue weighted by Crippen LogP contribution is -2.03. The first kappa shape index (κ1) is 8.35. The normalized spacial score (nSPS) is 15.5. The maximum atomic E-state index is 4.47. The number of hydrogen-bond acceptors (Lipinski definition) is 3. The van der Waals surface area contributed by atoms with Gasteiger partial charge in [-0.05, 0) is 30.9 Å². The largest absolute Gasteiger partial charge is 0.373 e. The first-order chi connectivity index (χ1) is 6.40. The second-order valence-corrected chi connectivity index (χ2v) is 3.34. The maximum Gasteiger partial charge on any atom is 0.131 e. The van der Waals surface area contributed by atoms with Crippen LogP contribution in [0.3, 0.4) is 0 Å². The van der Waals surface area contributed by atoms with Crippen LogP contribution < -0.4 is 10.6 Å². The number of hydrogen-bond donors (Lipinski definition) is 2. The molecule has 1 aromatic rings. The first-order valence-corrected chi connectivity index (χ1v) is 4.82. The topological polar surface area (TPSA) is 37.0 Å². The lowest BCUT2D eigenvalue weighted by atomic mass is 10.1. The molecular weight excluding hydrogens is 162 g/mol. The highest BCUT2D eigenvalue weighted by atomic mass is 15.1. The van der Waals surface area contributed by atoms with Gasteiger partial charge in [-0.1, -0.05) is 6.07 Å². The third-order valence-electron chi connectivity index (χ3n) is 2.40. The van der Waals surface area contributed by atoms with Gasteiger partial charge in [0.1, 0.15) is 11.6 Å². The van der Waals surface area contributed by atoms with Crippen molar-refractivity contribution in [3.8, 4) is 0 Å². The molecule has 0 aromatic carbocycles. The summed E-state index contributed by atoms with van der Waals surface area (Å²) in [6, 6.07) is 4.19. The fourth-order valence-electron chi connectivity index (χ4n) is 1.63. The summed E-state index contributed by atoms with van der Waals surface area (Å²) in [5.41, 5.74) is 1.34. The molecule has 1 aliphatic rings. The van der Waals surface area contributed by atoms with E-state index in [0.29, 0.717) is 0 Å². The van der Waals surface area contributed by atoms with Crippen LogP contribution in [0.25, 0.3) is 0 Å². The summed E-state index contributed by atoms with van der Waals surface area (Å²) in [6.07, 6.45) is 3.66. The molecule has 1 aliphatic heterocycles. The van der Waals surface area contributed by atoms with Gasteiger partial charge in [-0.3, -0.25) is 0 Å². The Balaban J connectivity index is 2.32. The van der Waals surface area contributed by atoms with Crippen LogP contribution in [0.2, 0.25) is 0 Å². The Kier molecular flexibility index (Phi) is 2.34. The van der Waals surface area contributed by atoms with Crippen molar-refractivity contribution in [1.82, 2.24) is 4.98 Å². The third-order valence-corrected chi connectivity index (χ3v) is 2.40. The van der Waals surface area contributed by atoms with Gasteiger partial charge in [0.15, 0.2) is 0 Å². The number of pyridine rings is 1. The Morgan fingerprint density at radius 3 is 3.15 bits per heavy atom. The maximum absolute atomic E-state index is 4.47. The predicted octanol–water partition coefficient (Wildman–Crippen LogP) is 1.87. The zero-order chi connectivity index (χ0) is 9.10. The van der Waals surface area contributed by atoms with Crippen LogP contribution in [0.5, 0.6) is 0 Å². The monoisotopic (exact) mass is 177 g/mol. The lowest BCUT2D eigenvalue weighted by molar-refractivity contribution is 0.785. The van der Waals surface area contributed by atoms with Crippen molar-refractivity contribution in [1.29, 1.82) is 0 Å². The lowest BCUT2D eigenvalue weighted by Gasteiger charge is -2.07. The molecule has 0 saturated carbocycles. The molecule has 3 heteroatoms. The van der Waals surface area contributed by atoms with Crippen LogP contribution in [0.15, 0.2) is 12.1 Å². The average molecular weight is 177 g/mol. The van der Waals surface area contributed by atoms with E-state index in [2.05, 4.69) is 21.7 Å². The molecule has 13 heavy (non-hydrogen) atoms. The van der Waals surface area contributed by atoms with Gasteiger partial charge in [-0.2, -0.15) is 0 Å². The molecular formula is C10H15N3. The van der Waals surface area contributed by atoms with Crippen molar-refractivity contribution in [3.05, 3.63) is 17.7 Å². The molecule has 70 valence electrons. The number of nitrogens with one attached hydrogen (secondary N) is 2. The van der Waals surface area contributed by atoms with E-state index in [1.165, 1.54) is 18.4 Å². The van der Waals surface area contributed by atoms with Crippen LogP contribution in [0.1, 0.15) is 18.4 Å². The number of rotatable bonds is 1. The number of anilines is 2. The van der Waals surface area contributed by atoms with Crippen molar-refractivity contribution in [3.63, 3.8) is 0 Å². The molecule has 0 fully saturated rings. The second-order valence-electron chi connectivity index (χ2n) is 3.34. The molecule has 0 saturated heterocycles. The zero-order valence-electron chi connectivity index (χ0n) is 7.93. The fourth-order valence-corrected chi connectivity index (χ4v) is 1.63. The summed E-state index contributed by atoms with van der Waals surface area (Å²) in [5, 5.41) is 6.40. The van der Waals surface area contributed by atoms with Crippen LogP contribution in [-0.2, 0) is 6.42 Å². The van der Waals surface area contributed by atoms with Crippen molar-refractivity contribution >= 4 is 11.6 Å². The summed E-state index contributed by atoms with van der Waals surface area (Å²) in [7, 11) is 1.89. The summed E-state index contributed by atoms with van der Waals surface area (Å²) in [4.78, 5) is 4.47. The van der Waals surface area contributed by atoms with Gasteiger partial charge in [0.25, 0.3) is 0 Å². The quantitative estimate of drug-likeness (QED) is 0.687. The molecule has 2 rings (SSSR count). The molecule has 3 nitrogen and oxygen atoms in total. The Hall–Kier alpha value is -1.25. The molecule has 0 radical (unpaired) electrons. The molecule has 0 amide bonds. The smallest absolute Gasteiger partial charge is 0.131 e. The highest BCUT2D eigenvalue weighted by Gasteiger charge is 2.08. The van der Waals surface area contributed by atoms with Crippen LogP contribution in [0.4, 0.5) is 11.6 Å². The first-order valence-electron chi connectivity index (χ1n) is 4.82. The molecule has 0 atom stereocenters. The minimum Gasteiger partial charge on any atom is -0.373 e. The minimum absolute atomic E-state index is 0.938. The summed E-state index contributed by atoms with van der Waals surface area (Å²) >= 11 is 0. The van der Waals surface area contributed by atoms with Crippen molar-refractivity contribution in [2.75, 3.05) is 24.2 Å². The van der Waals surface area contributed by atoms with E-state index >= 15 is 0 Å². The van der Waals surface area contributed by atoms with E-state index in [4.69, 9.17) is 0 Å². The molecule has 2 N–H and O–H groups in total. The molecule has 0 unspecified atom stereocenters. The van der Waals surface area contributed by atoms with E-state index < -0.39 is 0 Å². The predicted molar refractivity (Wildman–Crippen MR) is 55.2 cm³/mol. The standard InChI is InChI=1S/C10H15N3/c1-11-9-6-5-8-4-2-3-7-12-10(8)13-9/h5-6H,2-4,7H2,1H3,(H2,11,12,13). The Bertz CT molecular complexity index is 296. The zero-order valence-corrected chi connectivity index (χ0v) is 7.93. The van der Waals surface area contributed by atoms with Crippen LogP contribution >= 0.6 is 0 Å². The molecule has 0 aliphatic carbocycles. The van der Waals surface area contributed by atoms with Gasteiger partial charge >= 0.3 is 0 Å². The number of fused-ring (bicyclic) bond motifs is 1. The second kappa shape index (κ2) is 3.64. The average Bonchev–Trinajstić information content (AvgIpc) is 2.41. The van der Waals surface area contributed by atoms with Crippen molar-refractivity contribution in [2.24, 2.45) is 0 Å². The van der Waals surface area contributed by atoms with Gasteiger partial charge in [-0.25, -0.2) is 4.98 Å². The van der Waals surface area contributed by atoms with E-state index in [-0.39, 0.29) is 0 Å². The highest BCUT2D eigenvalue weighted by Crippen LogP contribution is 2.20. The summed E-state index contributed by atoms with van der Waals surface area (Å²) < 4.78 is 0. The van der Waals surface area contributed by atoms with Gasteiger partial charge in [0.05, 0.1) is 0 Å². The van der Waals surface area contributed by atoms with Gasteiger partial charge in [-0.15, -0.1) is 0 Å². The van der Waals surface area contributed by atoms with E-state index in [1.54, 1.807) is 0 Å². The van der Waals surface area contributed by atoms with Crippen molar-refractivity contribution in [2.45, 2.75) is 19.3 Å². The Labute approximate surface area is 78.6 Å². The number of aryl methyl sites for hydroxylation is 1. The Morgan fingerprint density at radius 2 is 2.31 bits per heavy atom. The van der Waals surface area contributed by atoms with E-state index in [0.717, 1.165) is 24.6 Å². The number of nitrogens with zero attached hydrogens (tertiary/aromatic N) is 1. The van der Waals surface area contributed by atoms with Gasteiger partial charge < -0.3 is 10.6 Å². The van der Waals surface area contributed by atoms with E-state index in [1.807, 2.05) is 13.1 Å². The summed E-state index contributed by atoms with van der Waals surface area (Å²) in [6.45, 7) is 1.05. The SMILES string of the molecule is CNc1ccc2c(n1)NCCCC2. The van der Waals surface area contributed by atoms with Gasteiger partial charge in [0, 0.05) is 13.6 Å². The highest BCUT2D eigenvalue weighted by molar-refractivity contribution is 5.51. The number of aromatic nitrogens is 1. The summed E-state index contributed by atoms with van der Waals surface area (Å²) in [5.74, 6) is 2.00. The van der Waals surface area contributed by atoms with Gasteiger partial charge in [0.2, 0.25) is 0 Å². The molecule has 0 spiro atoms. The third kappa shape index (κ3) is 1.74. The van der Waals surface area contributed by atoms with Crippen LogP contribution in [-0.4, -0.2) is 18.6 Å². The molecule has 2 heterocycles. The fraction of sp³-hybridized carbons (Fsp3) is 0.500. The molecule has 1 aromatic heterocycles. The van der Waals surface area contributed by atoms with E-state index in [9.17, 15) is 0 Å². The van der Waals surface area contributed by atoms with Crippen LogP contribution in [0, 0.1) is 0 Å². The minimum atomic E-state index is 0.938.